The molecule has 0 atom stereocenters. The average Bonchev–Trinajstić information content (AvgIpc) is 3.35. The molecule has 2 aromatic heterocycles. The summed E-state index contributed by atoms with van der Waals surface area (Å²) < 4.78 is 41.5. The van der Waals surface area contributed by atoms with Gasteiger partial charge in [0, 0.05) is 24.7 Å². The van der Waals surface area contributed by atoms with Crippen LogP contribution < -0.4 is 4.90 Å². The highest BCUT2D eigenvalue weighted by Gasteiger charge is 2.30. The quantitative estimate of drug-likeness (QED) is 0.396. The van der Waals surface area contributed by atoms with Crippen LogP contribution >= 0.6 is 0 Å². The molecule has 0 aliphatic carbocycles. The molecule has 1 fully saturated rings. The summed E-state index contributed by atoms with van der Waals surface area (Å²) >= 11 is 0. The van der Waals surface area contributed by atoms with E-state index in [4.69, 9.17) is 0 Å². The van der Waals surface area contributed by atoms with Crippen LogP contribution in [0.3, 0.4) is 0 Å². The van der Waals surface area contributed by atoms with Crippen LogP contribution in [0.1, 0.15) is 29.5 Å². The maximum Gasteiger partial charge on any atom is 0.416 e. The number of nitrogens with zero attached hydrogens (tertiary/aromatic N) is 2. The summed E-state index contributed by atoms with van der Waals surface area (Å²) in [5.41, 5.74) is 4.53. The van der Waals surface area contributed by atoms with E-state index < -0.39 is 11.7 Å². The lowest BCUT2D eigenvalue weighted by Gasteiger charge is -2.20. The molecule has 1 aliphatic rings. The Balaban J connectivity index is 1.63. The highest BCUT2D eigenvalue weighted by molar-refractivity contribution is 5.92. The molecule has 5 rings (SSSR count). The molecule has 29 heavy (non-hydrogen) atoms. The number of alkyl halides is 3. The maximum absolute atomic E-state index is 13.1. The summed E-state index contributed by atoms with van der Waals surface area (Å²) in [6, 6.07) is 18.2. The highest BCUT2D eigenvalue weighted by atomic mass is 19.4. The van der Waals surface area contributed by atoms with Gasteiger partial charge < -0.3 is 9.30 Å². The monoisotopic (exact) mass is 394 g/mol. The van der Waals surface area contributed by atoms with E-state index >= 15 is 0 Å². The summed E-state index contributed by atoms with van der Waals surface area (Å²) in [5, 5.41) is 1.17. The number of aromatic nitrogens is 1. The van der Waals surface area contributed by atoms with Crippen molar-refractivity contribution in [1.29, 1.82) is 0 Å². The van der Waals surface area contributed by atoms with E-state index in [0.29, 0.717) is 12.0 Å². The SMILES string of the molecule is FC(F)(F)c1cccc(Cc2cc(N3CCCC3)c3cc4ccccc4n3c2)c1. The molecule has 4 aromatic rings. The molecule has 1 aliphatic heterocycles. The highest BCUT2D eigenvalue weighted by Crippen LogP contribution is 2.33. The van der Waals surface area contributed by atoms with E-state index in [-0.39, 0.29) is 0 Å². The van der Waals surface area contributed by atoms with E-state index in [1.165, 1.54) is 36.0 Å². The number of hydrogen-bond acceptors (Lipinski definition) is 1. The summed E-state index contributed by atoms with van der Waals surface area (Å²) in [7, 11) is 0. The van der Waals surface area contributed by atoms with Crippen LogP contribution in [0.5, 0.6) is 0 Å². The molecule has 148 valence electrons. The lowest BCUT2D eigenvalue weighted by Crippen LogP contribution is -2.18. The molecule has 0 bridgehead atoms. The van der Waals surface area contributed by atoms with Crippen molar-refractivity contribution < 1.29 is 13.2 Å². The van der Waals surface area contributed by atoms with E-state index in [2.05, 4.69) is 39.8 Å². The Morgan fingerprint density at radius 1 is 0.793 bits per heavy atom. The van der Waals surface area contributed by atoms with Gasteiger partial charge in [-0.05, 0) is 54.7 Å². The molecule has 0 saturated carbocycles. The zero-order valence-electron chi connectivity index (χ0n) is 15.9. The van der Waals surface area contributed by atoms with Gasteiger partial charge in [-0.2, -0.15) is 13.2 Å². The molecule has 0 unspecified atom stereocenters. The fraction of sp³-hybridized carbons (Fsp3) is 0.250. The van der Waals surface area contributed by atoms with Crippen molar-refractivity contribution in [3.8, 4) is 0 Å². The van der Waals surface area contributed by atoms with Crippen LogP contribution in [0.2, 0.25) is 0 Å². The molecule has 5 heteroatoms. The van der Waals surface area contributed by atoms with Crippen LogP contribution in [0.25, 0.3) is 16.4 Å². The molecule has 1 saturated heterocycles. The van der Waals surface area contributed by atoms with Gasteiger partial charge in [0.2, 0.25) is 0 Å². The summed E-state index contributed by atoms with van der Waals surface area (Å²) in [5.74, 6) is 0. The molecule has 2 nitrogen and oxygen atoms in total. The zero-order valence-corrected chi connectivity index (χ0v) is 15.9. The third kappa shape index (κ3) is 3.35. The first-order chi connectivity index (χ1) is 14.0. The molecule has 3 heterocycles. The number of pyridine rings is 1. The Bertz CT molecular complexity index is 1180. The second-order valence-electron chi connectivity index (χ2n) is 7.76. The zero-order chi connectivity index (χ0) is 20.0. The minimum Gasteiger partial charge on any atom is -0.370 e. The second-order valence-corrected chi connectivity index (χ2v) is 7.76. The normalized spacial score (nSPS) is 14.9. The van der Waals surface area contributed by atoms with Crippen molar-refractivity contribution in [1.82, 2.24) is 4.40 Å². The number of hydrogen-bond donors (Lipinski definition) is 0. The molecule has 0 amide bonds. The standard InChI is InChI=1S/C24H21F3N2/c25-24(26,27)20-8-5-6-17(13-20)12-18-14-22(28-10-3-4-11-28)23-15-19-7-1-2-9-21(19)29(23)16-18/h1-2,5-9,13-16H,3-4,10-12H2. The van der Waals surface area contributed by atoms with Crippen molar-refractivity contribution >= 4 is 22.1 Å². The van der Waals surface area contributed by atoms with E-state index in [0.717, 1.165) is 35.8 Å². The van der Waals surface area contributed by atoms with Crippen LogP contribution in [0.4, 0.5) is 18.9 Å². The Morgan fingerprint density at radius 3 is 2.38 bits per heavy atom. The van der Waals surface area contributed by atoms with Gasteiger partial charge in [0.15, 0.2) is 0 Å². The Labute approximate surface area is 167 Å². The van der Waals surface area contributed by atoms with Crippen molar-refractivity contribution in [3.05, 3.63) is 83.6 Å². The fourth-order valence-electron chi connectivity index (χ4n) is 4.37. The molecular formula is C24H21F3N2. The number of anilines is 1. The third-order valence-corrected chi connectivity index (χ3v) is 5.74. The first-order valence-electron chi connectivity index (χ1n) is 9.93. The molecule has 0 spiro atoms. The summed E-state index contributed by atoms with van der Waals surface area (Å²) in [6.45, 7) is 2.04. The number of halogens is 3. The fourth-order valence-corrected chi connectivity index (χ4v) is 4.37. The van der Waals surface area contributed by atoms with E-state index in [1.807, 2.05) is 12.1 Å². The molecule has 0 N–H and O–H groups in total. The van der Waals surface area contributed by atoms with Crippen LogP contribution in [-0.2, 0) is 12.6 Å². The van der Waals surface area contributed by atoms with Gasteiger partial charge in [-0.25, -0.2) is 0 Å². The number of benzene rings is 2. The predicted octanol–water partition coefficient (Wildman–Crippen LogP) is 6.30. The van der Waals surface area contributed by atoms with Gasteiger partial charge >= 0.3 is 6.18 Å². The predicted molar refractivity (Wildman–Crippen MR) is 111 cm³/mol. The van der Waals surface area contributed by atoms with Crippen molar-refractivity contribution in [2.24, 2.45) is 0 Å². The summed E-state index contributed by atoms with van der Waals surface area (Å²) in [6.07, 6.45) is 0.552. The molecular weight excluding hydrogens is 373 g/mol. The topological polar surface area (TPSA) is 7.65 Å². The largest absolute Gasteiger partial charge is 0.416 e. The van der Waals surface area contributed by atoms with Crippen LogP contribution in [0.15, 0.2) is 66.9 Å². The van der Waals surface area contributed by atoms with Crippen molar-refractivity contribution in [3.63, 3.8) is 0 Å². The van der Waals surface area contributed by atoms with Gasteiger partial charge in [0.05, 0.1) is 22.3 Å². The number of rotatable bonds is 3. The lowest BCUT2D eigenvalue weighted by molar-refractivity contribution is -0.137. The number of fused-ring (bicyclic) bond motifs is 3. The first-order valence-corrected chi connectivity index (χ1v) is 9.93. The van der Waals surface area contributed by atoms with E-state index in [9.17, 15) is 13.2 Å². The van der Waals surface area contributed by atoms with Gasteiger partial charge in [-0.1, -0.05) is 36.4 Å². The maximum atomic E-state index is 13.1. The van der Waals surface area contributed by atoms with Gasteiger partial charge in [0.1, 0.15) is 0 Å². The first kappa shape index (κ1) is 18.1. The molecule has 0 radical (unpaired) electrons. The van der Waals surface area contributed by atoms with Gasteiger partial charge in [-0.15, -0.1) is 0 Å². The lowest BCUT2D eigenvalue weighted by atomic mass is 10.0. The Kier molecular flexibility index (Phi) is 4.26. The Hall–Kier alpha value is -2.95. The van der Waals surface area contributed by atoms with Crippen molar-refractivity contribution in [2.75, 3.05) is 18.0 Å². The van der Waals surface area contributed by atoms with Gasteiger partial charge in [0.25, 0.3) is 0 Å². The van der Waals surface area contributed by atoms with E-state index in [1.54, 1.807) is 6.07 Å². The number of para-hydroxylation sites is 1. The minimum absolute atomic E-state index is 0.465. The van der Waals surface area contributed by atoms with Crippen LogP contribution in [0, 0.1) is 0 Å². The Morgan fingerprint density at radius 2 is 1.59 bits per heavy atom. The third-order valence-electron chi connectivity index (χ3n) is 5.74. The van der Waals surface area contributed by atoms with Crippen LogP contribution in [-0.4, -0.2) is 17.5 Å². The minimum atomic E-state index is -4.32. The van der Waals surface area contributed by atoms with Crippen molar-refractivity contribution in [2.45, 2.75) is 25.4 Å². The summed E-state index contributed by atoms with van der Waals surface area (Å²) in [4.78, 5) is 2.39. The van der Waals surface area contributed by atoms with Gasteiger partial charge in [-0.3, -0.25) is 0 Å². The molecule has 2 aromatic carbocycles. The second kappa shape index (κ2) is 6.83. The smallest absolute Gasteiger partial charge is 0.370 e. The average molecular weight is 394 g/mol.